The predicted octanol–water partition coefficient (Wildman–Crippen LogP) is 2.31. The number of sulfonamides is 1. The van der Waals surface area contributed by atoms with E-state index in [0.717, 1.165) is 0 Å². The maximum atomic E-state index is 13.0. The highest BCUT2D eigenvalue weighted by molar-refractivity contribution is 7.89. The number of nitrogens with zero attached hydrogens (tertiary/aromatic N) is 1. The normalized spacial score (nSPS) is 23.7. The number of piperidine rings is 1. The summed E-state index contributed by atoms with van der Waals surface area (Å²) in [6.07, 6.45) is 2.48. The van der Waals surface area contributed by atoms with E-state index in [0.29, 0.717) is 30.4 Å². The van der Waals surface area contributed by atoms with Crippen LogP contribution in [-0.2, 0) is 14.8 Å². The van der Waals surface area contributed by atoms with Crippen LogP contribution in [-0.4, -0.2) is 36.4 Å². The average molecular weight is 323 g/mol. The van der Waals surface area contributed by atoms with Crippen molar-refractivity contribution in [3.63, 3.8) is 0 Å². The molecule has 0 unspecified atom stereocenters. The van der Waals surface area contributed by atoms with E-state index in [1.165, 1.54) is 16.6 Å². The zero-order chi connectivity index (χ0) is 15.9. The summed E-state index contributed by atoms with van der Waals surface area (Å²) in [7, 11) is -3.80. The number of hydrogen-bond acceptors (Lipinski definition) is 4. The van der Waals surface area contributed by atoms with E-state index in [-0.39, 0.29) is 4.90 Å². The number of carboxylic acid groups (broad SMARTS) is 1. The molecule has 22 heavy (non-hydrogen) atoms. The monoisotopic (exact) mass is 323 g/mol. The SMILES string of the molecule is C[C@@H]1[C@H](C(=O)O)CCCN1S(=O)(=O)c1cccc2ccoc12. The highest BCUT2D eigenvalue weighted by Crippen LogP contribution is 2.32. The number of benzene rings is 1. The molecule has 118 valence electrons. The molecule has 2 atom stereocenters. The Labute approximate surface area is 128 Å². The Morgan fingerprint density at radius 1 is 1.36 bits per heavy atom. The lowest BCUT2D eigenvalue weighted by molar-refractivity contribution is -0.144. The van der Waals surface area contributed by atoms with Crippen LogP contribution in [0.3, 0.4) is 0 Å². The summed E-state index contributed by atoms with van der Waals surface area (Å²) in [4.78, 5) is 11.4. The van der Waals surface area contributed by atoms with Crippen molar-refractivity contribution in [2.75, 3.05) is 6.54 Å². The molecule has 2 heterocycles. The quantitative estimate of drug-likeness (QED) is 0.936. The first kappa shape index (κ1) is 15.1. The van der Waals surface area contributed by atoms with Crippen molar-refractivity contribution in [1.29, 1.82) is 0 Å². The second-order valence-corrected chi connectivity index (χ2v) is 7.40. The minimum atomic E-state index is -3.80. The standard InChI is InChI=1S/C15H17NO5S/c1-10-12(15(17)18)5-3-8-16(10)22(19,20)13-6-2-4-11-7-9-21-14(11)13/h2,4,6-7,9-10,12H,3,5,8H2,1H3,(H,17,18)/t10-,12-/m1/s1. The van der Waals surface area contributed by atoms with Gasteiger partial charge in [0, 0.05) is 18.0 Å². The number of hydrogen-bond donors (Lipinski definition) is 1. The van der Waals surface area contributed by atoms with Gasteiger partial charge in [-0.1, -0.05) is 12.1 Å². The largest absolute Gasteiger partial charge is 0.481 e. The lowest BCUT2D eigenvalue weighted by Gasteiger charge is -2.36. The Kier molecular flexibility index (Phi) is 3.70. The van der Waals surface area contributed by atoms with Gasteiger partial charge >= 0.3 is 5.97 Å². The number of carboxylic acids is 1. The number of para-hydroxylation sites is 1. The molecule has 7 heteroatoms. The summed E-state index contributed by atoms with van der Waals surface area (Å²) >= 11 is 0. The maximum absolute atomic E-state index is 13.0. The fraction of sp³-hybridized carbons (Fsp3) is 0.400. The molecular weight excluding hydrogens is 306 g/mol. The van der Waals surface area contributed by atoms with Gasteiger partial charge in [0.05, 0.1) is 12.2 Å². The van der Waals surface area contributed by atoms with Crippen LogP contribution >= 0.6 is 0 Å². The van der Waals surface area contributed by atoms with Crippen LogP contribution in [0.4, 0.5) is 0 Å². The van der Waals surface area contributed by atoms with E-state index < -0.39 is 28.0 Å². The molecule has 1 fully saturated rings. The van der Waals surface area contributed by atoms with Crippen molar-refractivity contribution in [2.24, 2.45) is 5.92 Å². The second-order valence-electron chi connectivity index (χ2n) is 5.54. The van der Waals surface area contributed by atoms with Crippen molar-refractivity contribution < 1.29 is 22.7 Å². The van der Waals surface area contributed by atoms with Gasteiger partial charge in [-0.25, -0.2) is 8.42 Å². The average Bonchev–Trinajstić information content (AvgIpc) is 2.94. The van der Waals surface area contributed by atoms with Crippen LogP contribution in [0.25, 0.3) is 11.0 Å². The zero-order valence-corrected chi connectivity index (χ0v) is 12.9. The molecule has 0 amide bonds. The molecule has 0 saturated carbocycles. The van der Waals surface area contributed by atoms with Gasteiger partial charge in [-0.05, 0) is 31.9 Å². The Hall–Kier alpha value is -1.86. The van der Waals surface area contributed by atoms with Crippen LogP contribution in [0.2, 0.25) is 0 Å². The van der Waals surface area contributed by atoms with E-state index in [4.69, 9.17) is 4.42 Å². The van der Waals surface area contributed by atoms with E-state index >= 15 is 0 Å². The van der Waals surface area contributed by atoms with Gasteiger partial charge < -0.3 is 9.52 Å². The summed E-state index contributed by atoms with van der Waals surface area (Å²) in [6, 6.07) is 6.05. The molecule has 1 aromatic heterocycles. The van der Waals surface area contributed by atoms with Crippen LogP contribution in [0, 0.1) is 5.92 Å². The van der Waals surface area contributed by atoms with E-state index in [2.05, 4.69) is 0 Å². The van der Waals surface area contributed by atoms with Crippen LogP contribution in [0.15, 0.2) is 39.8 Å². The summed E-state index contributed by atoms with van der Waals surface area (Å²) < 4.78 is 32.5. The van der Waals surface area contributed by atoms with Gasteiger partial charge in [0.15, 0.2) is 5.58 Å². The molecule has 0 spiro atoms. The Balaban J connectivity index is 2.06. The van der Waals surface area contributed by atoms with E-state index in [9.17, 15) is 18.3 Å². The first-order chi connectivity index (χ1) is 10.4. The molecule has 1 aliphatic rings. The van der Waals surface area contributed by atoms with Crippen molar-refractivity contribution in [3.8, 4) is 0 Å². The molecule has 1 aliphatic heterocycles. The first-order valence-corrected chi connectivity index (χ1v) is 8.58. The summed E-state index contributed by atoms with van der Waals surface area (Å²) in [5.74, 6) is -1.64. The third-order valence-electron chi connectivity index (χ3n) is 4.28. The third-order valence-corrected chi connectivity index (χ3v) is 6.29. The van der Waals surface area contributed by atoms with Gasteiger partial charge in [-0.3, -0.25) is 4.79 Å². The molecule has 6 nitrogen and oxygen atoms in total. The smallest absolute Gasteiger partial charge is 0.308 e. The molecule has 1 saturated heterocycles. The second kappa shape index (κ2) is 5.40. The lowest BCUT2D eigenvalue weighted by atomic mass is 9.92. The highest BCUT2D eigenvalue weighted by atomic mass is 32.2. The molecule has 0 bridgehead atoms. The van der Waals surface area contributed by atoms with Crippen LogP contribution in [0.1, 0.15) is 19.8 Å². The minimum absolute atomic E-state index is 0.0906. The lowest BCUT2D eigenvalue weighted by Crippen LogP contribution is -2.49. The van der Waals surface area contributed by atoms with Gasteiger partial charge in [0.2, 0.25) is 10.0 Å². The molecule has 1 aromatic carbocycles. The number of aliphatic carboxylic acids is 1. The number of fused-ring (bicyclic) bond motifs is 1. The van der Waals surface area contributed by atoms with E-state index in [1.807, 2.05) is 0 Å². The van der Waals surface area contributed by atoms with Gasteiger partial charge in [-0.15, -0.1) is 0 Å². The third kappa shape index (κ3) is 2.30. The van der Waals surface area contributed by atoms with Crippen molar-refractivity contribution in [3.05, 3.63) is 30.5 Å². The van der Waals surface area contributed by atoms with Gasteiger partial charge in [0.25, 0.3) is 0 Å². The highest BCUT2D eigenvalue weighted by Gasteiger charge is 2.40. The maximum Gasteiger partial charge on any atom is 0.308 e. The molecule has 3 rings (SSSR count). The molecule has 1 N–H and O–H groups in total. The first-order valence-electron chi connectivity index (χ1n) is 7.14. The Morgan fingerprint density at radius 3 is 2.86 bits per heavy atom. The van der Waals surface area contributed by atoms with Gasteiger partial charge in [-0.2, -0.15) is 4.31 Å². The van der Waals surface area contributed by atoms with Gasteiger partial charge in [0.1, 0.15) is 4.90 Å². The number of rotatable bonds is 3. The van der Waals surface area contributed by atoms with Crippen molar-refractivity contribution in [2.45, 2.75) is 30.7 Å². The molecular formula is C15H17NO5S. The van der Waals surface area contributed by atoms with Crippen LogP contribution in [0.5, 0.6) is 0 Å². The number of furan rings is 1. The zero-order valence-electron chi connectivity index (χ0n) is 12.1. The minimum Gasteiger partial charge on any atom is -0.481 e. The molecule has 2 aromatic rings. The Bertz CT molecular complexity index is 810. The van der Waals surface area contributed by atoms with E-state index in [1.54, 1.807) is 25.1 Å². The fourth-order valence-corrected chi connectivity index (χ4v) is 4.93. The number of carbonyl (C=O) groups is 1. The van der Waals surface area contributed by atoms with Crippen LogP contribution < -0.4 is 0 Å². The summed E-state index contributed by atoms with van der Waals surface area (Å²) in [5, 5.41) is 9.97. The topological polar surface area (TPSA) is 87.8 Å². The van der Waals surface area contributed by atoms with Crippen molar-refractivity contribution >= 4 is 27.0 Å². The summed E-state index contributed by atoms with van der Waals surface area (Å²) in [5.41, 5.74) is 0.312. The fourth-order valence-electron chi connectivity index (χ4n) is 3.08. The molecule has 0 radical (unpaired) electrons. The van der Waals surface area contributed by atoms with Crippen molar-refractivity contribution in [1.82, 2.24) is 4.31 Å². The Morgan fingerprint density at radius 2 is 2.14 bits per heavy atom. The predicted molar refractivity (Wildman–Crippen MR) is 79.9 cm³/mol. The summed E-state index contributed by atoms with van der Waals surface area (Å²) in [6.45, 7) is 1.97. The molecule has 0 aliphatic carbocycles.